The molecule has 88 valence electrons. The smallest absolute Gasteiger partial charge is 0.0870 e. The van der Waals surface area contributed by atoms with Crippen LogP contribution in [0.15, 0.2) is 36.4 Å². The highest BCUT2D eigenvalue weighted by Gasteiger charge is 2.06. The Balaban J connectivity index is 2.40. The molecule has 17 heavy (non-hydrogen) atoms. The van der Waals surface area contributed by atoms with Crippen molar-refractivity contribution >= 4 is 28.7 Å². The Morgan fingerprint density at radius 2 is 1.76 bits per heavy atom. The summed E-state index contributed by atoms with van der Waals surface area (Å²) < 4.78 is 0. The zero-order valence-corrected chi connectivity index (χ0v) is 10.7. The fourth-order valence-corrected chi connectivity index (χ4v) is 1.90. The van der Waals surface area contributed by atoms with Crippen LogP contribution in [-0.2, 0) is 0 Å². The topological polar surface area (TPSA) is 38.0 Å². The van der Waals surface area contributed by atoms with Gasteiger partial charge in [-0.25, -0.2) is 0 Å². The van der Waals surface area contributed by atoms with Crippen molar-refractivity contribution in [3.63, 3.8) is 0 Å². The fourth-order valence-electron chi connectivity index (χ4n) is 1.75. The summed E-state index contributed by atoms with van der Waals surface area (Å²) in [4.78, 5) is 0. The number of halogens is 1. The number of hydrogen-bond acceptors (Lipinski definition) is 2. The van der Waals surface area contributed by atoms with Crippen molar-refractivity contribution in [3.05, 3.63) is 52.5 Å². The van der Waals surface area contributed by atoms with E-state index in [1.807, 2.05) is 37.3 Å². The monoisotopic (exact) mass is 246 g/mol. The largest absolute Gasteiger partial charge is 0.397 e. The molecule has 2 nitrogen and oxygen atoms in total. The normalized spacial score (nSPS) is 10.3. The summed E-state index contributed by atoms with van der Waals surface area (Å²) in [6, 6.07) is 11.9. The fraction of sp³-hybridized carbons (Fsp3) is 0.143. The van der Waals surface area contributed by atoms with Crippen LogP contribution in [0, 0.1) is 13.8 Å². The minimum Gasteiger partial charge on any atom is -0.397 e. The number of nitrogens with one attached hydrogen (secondary N) is 1. The lowest BCUT2D eigenvalue weighted by Gasteiger charge is -2.13. The van der Waals surface area contributed by atoms with E-state index < -0.39 is 0 Å². The summed E-state index contributed by atoms with van der Waals surface area (Å²) in [6.45, 7) is 4.05. The lowest BCUT2D eigenvalue weighted by molar-refractivity contribution is 1.41. The molecule has 0 amide bonds. The summed E-state index contributed by atoms with van der Waals surface area (Å²) in [5, 5.41) is 3.88. The molecule has 0 radical (unpaired) electrons. The van der Waals surface area contributed by atoms with Crippen LogP contribution in [0.4, 0.5) is 17.1 Å². The number of nitrogens with two attached hydrogens (primary N) is 1. The van der Waals surface area contributed by atoms with Crippen molar-refractivity contribution < 1.29 is 0 Å². The summed E-state index contributed by atoms with van der Waals surface area (Å²) >= 11 is 6.18. The van der Waals surface area contributed by atoms with Crippen LogP contribution < -0.4 is 11.1 Å². The number of anilines is 3. The van der Waals surface area contributed by atoms with Gasteiger partial charge in [0.1, 0.15) is 0 Å². The molecule has 0 aliphatic heterocycles. The van der Waals surface area contributed by atoms with E-state index in [0.717, 1.165) is 16.9 Å². The molecule has 0 unspecified atom stereocenters. The maximum absolute atomic E-state index is 6.18. The molecule has 2 rings (SSSR count). The zero-order chi connectivity index (χ0) is 12.4. The Morgan fingerprint density at radius 1 is 1.06 bits per heavy atom. The molecule has 2 aromatic carbocycles. The predicted molar refractivity (Wildman–Crippen MR) is 75.1 cm³/mol. The van der Waals surface area contributed by atoms with E-state index in [1.165, 1.54) is 5.56 Å². The highest BCUT2D eigenvalue weighted by Crippen LogP contribution is 2.32. The van der Waals surface area contributed by atoms with Crippen molar-refractivity contribution in [1.29, 1.82) is 0 Å². The first-order valence-corrected chi connectivity index (χ1v) is 5.84. The zero-order valence-electron chi connectivity index (χ0n) is 9.92. The first-order valence-electron chi connectivity index (χ1n) is 5.46. The van der Waals surface area contributed by atoms with Gasteiger partial charge in [0.25, 0.3) is 0 Å². The van der Waals surface area contributed by atoms with Crippen molar-refractivity contribution in [2.45, 2.75) is 13.8 Å². The van der Waals surface area contributed by atoms with Crippen LogP contribution in [-0.4, -0.2) is 0 Å². The maximum Gasteiger partial charge on any atom is 0.0870 e. The van der Waals surface area contributed by atoms with Gasteiger partial charge >= 0.3 is 0 Å². The molecule has 0 bridgehead atoms. The molecule has 3 heteroatoms. The van der Waals surface area contributed by atoms with Crippen LogP contribution in [0.25, 0.3) is 0 Å². The van der Waals surface area contributed by atoms with Crippen molar-refractivity contribution in [3.8, 4) is 0 Å². The van der Waals surface area contributed by atoms with Crippen LogP contribution in [0.5, 0.6) is 0 Å². The Labute approximate surface area is 106 Å². The second kappa shape index (κ2) is 4.68. The average molecular weight is 247 g/mol. The Morgan fingerprint density at radius 3 is 2.47 bits per heavy atom. The van der Waals surface area contributed by atoms with Crippen molar-refractivity contribution in [2.75, 3.05) is 11.1 Å². The average Bonchev–Trinajstić information content (AvgIpc) is 2.28. The summed E-state index contributed by atoms with van der Waals surface area (Å²) in [5.41, 5.74) is 10.6. The molecule has 3 N–H and O–H groups in total. The van der Waals surface area contributed by atoms with Crippen LogP contribution in [0.1, 0.15) is 11.1 Å². The van der Waals surface area contributed by atoms with E-state index in [0.29, 0.717) is 10.7 Å². The number of hydrogen-bond donors (Lipinski definition) is 2. The number of aryl methyl sites for hydroxylation is 2. The third kappa shape index (κ3) is 2.53. The molecule has 0 saturated heterocycles. The molecular weight excluding hydrogens is 232 g/mol. The van der Waals surface area contributed by atoms with E-state index >= 15 is 0 Å². The van der Waals surface area contributed by atoms with Gasteiger partial charge in [-0.05, 0) is 43.2 Å². The highest BCUT2D eigenvalue weighted by molar-refractivity contribution is 6.35. The van der Waals surface area contributed by atoms with Crippen molar-refractivity contribution in [2.24, 2.45) is 0 Å². The molecule has 0 spiro atoms. The van der Waals surface area contributed by atoms with E-state index in [9.17, 15) is 0 Å². The number of rotatable bonds is 2. The van der Waals surface area contributed by atoms with Gasteiger partial charge in [0.15, 0.2) is 0 Å². The minimum absolute atomic E-state index is 0.568. The highest BCUT2D eigenvalue weighted by atomic mass is 35.5. The molecular formula is C14H15ClN2. The minimum atomic E-state index is 0.568. The SMILES string of the molecule is Cc1cc(N)c(Cl)c(Nc2ccccc2C)c1. The first-order chi connectivity index (χ1) is 8.08. The second-order valence-electron chi connectivity index (χ2n) is 4.16. The van der Waals surface area contributed by atoms with Gasteiger partial charge in [-0.1, -0.05) is 29.8 Å². The number of benzene rings is 2. The van der Waals surface area contributed by atoms with E-state index in [4.69, 9.17) is 17.3 Å². The maximum atomic E-state index is 6.18. The molecule has 0 saturated carbocycles. The van der Waals surface area contributed by atoms with Crippen LogP contribution >= 0.6 is 11.6 Å². The van der Waals surface area contributed by atoms with Gasteiger partial charge in [0, 0.05) is 5.69 Å². The first kappa shape index (κ1) is 11.8. The van der Waals surface area contributed by atoms with Gasteiger partial charge in [-0.2, -0.15) is 0 Å². The van der Waals surface area contributed by atoms with Crippen LogP contribution in [0.3, 0.4) is 0 Å². The molecule has 0 aliphatic carbocycles. The van der Waals surface area contributed by atoms with Gasteiger partial charge in [-0.3, -0.25) is 0 Å². The van der Waals surface area contributed by atoms with E-state index in [-0.39, 0.29) is 0 Å². The van der Waals surface area contributed by atoms with Gasteiger partial charge in [-0.15, -0.1) is 0 Å². The Bertz CT molecular complexity index is 550. The quantitative estimate of drug-likeness (QED) is 0.776. The molecule has 0 heterocycles. The van der Waals surface area contributed by atoms with Gasteiger partial charge < -0.3 is 11.1 Å². The summed E-state index contributed by atoms with van der Waals surface area (Å²) in [7, 11) is 0. The lowest BCUT2D eigenvalue weighted by Crippen LogP contribution is -1.97. The molecule has 0 fully saturated rings. The van der Waals surface area contributed by atoms with Crippen molar-refractivity contribution in [1.82, 2.24) is 0 Å². The van der Waals surface area contributed by atoms with E-state index in [2.05, 4.69) is 18.3 Å². The summed E-state index contributed by atoms with van der Waals surface area (Å²) in [5.74, 6) is 0. The third-order valence-electron chi connectivity index (χ3n) is 2.66. The number of nitrogen functional groups attached to an aromatic ring is 1. The Kier molecular flexibility index (Phi) is 3.25. The lowest BCUT2D eigenvalue weighted by atomic mass is 10.1. The number of para-hydroxylation sites is 1. The molecule has 0 aliphatic rings. The summed E-state index contributed by atoms with van der Waals surface area (Å²) in [6.07, 6.45) is 0. The predicted octanol–water partition coefficient (Wildman–Crippen LogP) is 4.28. The molecule has 2 aromatic rings. The standard InChI is InChI=1S/C14H15ClN2/c1-9-7-11(16)14(15)13(8-9)17-12-6-4-3-5-10(12)2/h3-8,17H,16H2,1-2H3. The third-order valence-corrected chi connectivity index (χ3v) is 3.08. The van der Waals surface area contributed by atoms with Gasteiger partial charge in [0.2, 0.25) is 0 Å². The Hall–Kier alpha value is -1.67. The molecule has 0 atom stereocenters. The second-order valence-corrected chi connectivity index (χ2v) is 4.53. The van der Waals surface area contributed by atoms with Crippen LogP contribution in [0.2, 0.25) is 5.02 Å². The van der Waals surface area contributed by atoms with Gasteiger partial charge in [0.05, 0.1) is 16.4 Å². The molecule has 0 aromatic heterocycles. The van der Waals surface area contributed by atoms with E-state index in [1.54, 1.807) is 0 Å².